The van der Waals surface area contributed by atoms with Gasteiger partial charge in [0.1, 0.15) is 0 Å². The van der Waals surface area contributed by atoms with Gasteiger partial charge in [0.25, 0.3) is 10.0 Å². The molecule has 0 saturated heterocycles. The molecule has 6 heteroatoms. The van der Waals surface area contributed by atoms with Gasteiger partial charge in [0.2, 0.25) is 0 Å². The first-order valence-corrected chi connectivity index (χ1v) is 8.75. The molecule has 0 unspecified atom stereocenters. The Morgan fingerprint density at radius 3 is 2.46 bits per heavy atom. The molecule has 0 aliphatic rings. The van der Waals surface area contributed by atoms with E-state index in [1.807, 2.05) is 18.2 Å². The summed E-state index contributed by atoms with van der Waals surface area (Å²) >= 11 is 0. The molecular weight excluding hydrogens is 326 g/mol. The Kier molecular flexibility index (Phi) is 4.22. The van der Waals surface area contributed by atoms with Crippen LogP contribution >= 0.6 is 0 Å². The molecule has 0 aliphatic heterocycles. The summed E-state index contributed by atoms with van der Waals surface area (Å²) in [5.74, 6) is -0.968. The van der Waals surface area contributed by atoms with Crippen molar-refractivity contribution in [2.24, 2.45) is 0 Å². The van der Waals surface area contributed by atoms with E-state index in [0.717, 1.165) is 5.39 Å². The van der Waals surface area contributed by atoms with Gasteiger partial charge < -0.3 is 5.11 Å². The Labute approximate surface area is 139 Å². The average molecular weight is 341 g/mol. The zero-order chi connectivity index (χ0) is 17.2. The van der Waals surface area contributed by atoms with Gasteiger partial charge in [0.05, 0.1) is 11.3 Å². The third-order valence-electron chi connectivity index (χ3n) is 3.57. The summed E-state index contributed by atoms with van der Waals surface area (Å²) in [4.78, 5) is 11.0. The van der Waals surface area contributed by atoms with Crippen molar-refractivity contribution in [1.82, 2.24) is 0 Å². The number of benzene rings is 3. The van der Waals surface area contributed by atoms with Gasteiger partial charge >= 0.3 is 5.97 Å². The molecule has 0 saturated carbocycles. The van der Waals surface area contributed by atoms with Crippen molar-refractivity contribution in [3.63, 3.8) is 0 Å². The van der Waals surface area contributed by atoms with Gasteiger partial charge in [-0.3, -0.25) is 9.52 Å². The van der Waals surface area contributed by atoms with Gasteiger partial charge in [-0.2, -0.15) is 0 Å². The molecule has 3 aromatic carbocycles. The Morgan fingerprint density at radius 1 is 0.958 bits per heavy atom. The van der Waals surface area contributed by atoms with Gasteiger partial charge in [-0.05, 0) is 29.1 Å². The molecule has 24 heavy (non-hydrogen) atoms. The Bertz CT molecular complexity index is 1010. The van der Waals surface area contributed by atoms with E-state index >= 15 is 0 Å². The highest BCUT2D eigenvalue weighted by Crippen LogP contribution is 2.25. The minimum Gasteiger partial charge on any atom is -0.481 e. The molecule has 5 nitrogen and oxygen atoms in total. The molecule has 3 aromatic rings. The summed E-state index contributed by atoms with van der Waals surface area (Å²) in [7, 11) is -3.78. The van der Waals surface area contributed by atoms with Crippen molar-refractivity contribution in [3.8, 4) is 0 Å². The van der Waals surface area contributed by atoms with Crippen LogP contribution in [0.1, 0.15) is 5.56 Å². The fourth-order valence-corrected chi connectivity index (χ4v) is 3.84. The van der Waals surface area contributed by atoms with Crippen LogP contribution in [0.15, 0.2) is 71.6 Å². The van der Waals surface area contributed by atoms with Crippen molar-refractivity contribution in [1.29, 1.82) is 0 Å². The van der Waals surface area contributed by atoms with E-state index in [4.69, 9.17) is 5.11 Å². The molecule has 0 heterocycles. The second-order valence-electron chi connectivity index (χ2n) is 5.35. The van der Waals surface area contributed by atoms with Crippen LogP contribution in [0.25, 0.3) is 10.8 Å². The molecule has 3 rings (SSSR count). The number of sulfonamides is 1. The zero-order valence-corrected chi connectivity index (χ0v) is 13.5. The van der Waals surface area contributed by atoms with Crippen LogP contribution in [0.4, 0.5) is 5.69 Å². The highest BCUT2D eigenvalue weighted by Gasteiger charge is 2.17. The number of fused-ring (bicyclic) bond motifs is 1. The van der Waals surface area contributed by atoms with Crippen LogP contribution < -0.4 is 4.72 Å². The maximum Gasteiger partial charge on any atom is 0.307 e. The molecule has 2 N–H and O–H groups in total. The summed E-state index contributed by atoms with van der Waals surface area (Å²) in [6, 6.07) is 18.7. The van der Waals surface area contributed by atoms with Crippen LogP contribution in [0.5, 0.6) is 0 Å². The van der Waals surface area contributed by atoms with E-state index in [-0.39, 0.29) is 11.3 Å². The van der Waals surface area contributed by atoms with E-state index in [1.54, 1.807) is 42.5 Å². The molecular formula is C18H15NO4S. The predicted octanol–water partition coefficient (Wildman–Crippen LogP) is 3.27. The number of carboxylic acid groups (broad SMARTS) is 1. The molecule has 0 radical (unpaired) electrons. The van der Waals surface area contributed by atoms with E-state index in [2.05, 4.69) is 4.72 Å². The van der Waals surface area contributed by atoms with E-state index in [9.17, 15) is 13.2 Å². The average Bonchev–Trinajstić information content (AvgIpc) is 2.53. The minimum atomic E-state index is -3.78. The largest absolute Gasteiger partial charge is 0.481 e. The predicted molar refractivity (Wildman–Crippen MR) is 92.5 cm³/mol. The summed E-state index contributed by atoms with van der Waals surface area (Å²) < 4.78 is 28.0. The zero-order valence-electron chi connectivity index (χ0n) is 12.6. The van der Waals surface area contributed by atoms with Crippen LogP contribution in [0.3, 0.4) is 0 Å². The second kappa shape index (κ2) is 6.33. The SMILES string of the molecule is O=C(O)Cc1cccc(NS(=O)(=O)c2cccc3ccccc23)c1. The Morgan fingerprint density at radius 2 is 1.67 bits per heavy atom. The lowest BCUT2D eigenvalue weighted by Crippen LogP contribution is -2.13. The fourth-order valence-electron chi connectivity index (χ4n) is 2.56. The first kappa shape index (κ1) is 16.0. The number of nitrogens with one attached hydrogen (secondary N) is 1. The van der Waals surface area contributed by atoms with Crippen LogP contribution in [0, 0.1) is 0 Å². The first-order chi connectivity index (χ1) is 11.5. The smallest absolute Gasteiger partial charge is 0.307 e. The summed E-state index contributed by atoms with van der Waals surface area (Å²) in [6.45, 7) is 0. The van der Waals surface area contributed by atoms with Crippen molar-refractivity contribution >= 4 is 32.5 Å². The Balaban J connectivity index is 1.98. The lowest BCUT2D eigenvalue weighted by atomic mass is 10.1. The summed E-state index contributed by atoms with van der Waals surface area (Å²) in [5, 5.41) is 10.3. The molecule has 0 aliphatic carbocycles. The number of hydrogen-bond acceptors (Lipinski definition) is 3. The van der Waals surface area contributed by atoms with Crippen LogP contribution in [-0.4, -0.2) is 19.5 Å². The number of rotatable bonds is 5. The molecule has 0 atom stereocenters. The maximum atomic E-state index is 12.7. The van der Waals surface area contributed by atoms with Crippen molar-refractivity contribution in [2.75, 3.05) is 4.72 Å². The lowest BCUT2D eigenvalue weighted by molar-refractivity contribution is -0.136. The minimum absolute atomic E-state index is 0.163. The quantitative estimate of drug-likeness (QED) is 0.746. The molecule has 0 fully saturated rings. The summed E-state index contributed by atoms with van der Waals surface area (Å²) in [6.07, 6.45) is -0.163. The Hall–Kier alpha value is -2.86. The van der Waals surface area contributed by atoms with E-state index in [0.29, 0.717) is 16.6 Å². The van der Waals surface area contributed by atoms with Gasteiger partial charge in [0.15, 0.2) is 0 Å². The lowest BCUT2D eigenvalue weighted by Gasteiger charge is -2.11. The molecule has 0 bridgehead atoms. The molecule has 122 valence electrons. The van der Waals surface area contributed by atoms with E-state index < -0.39 is 16.0 Å². The maximum absolute atomic E-state index is 12.7. The number of anilines is 1. The fraction of sp³-hybridized carbons (Fsp3) is 0.0556. The normalized spacial score (nSPS) is 11.3. The standard InChI is InChI=1S/C18H15NO4S/c20-18(21)12-13-5-3-8-15(11-13)19-24(22,23)17-10-4-7-14-6-1-2-9-16(14)17/h1-11,19H,12H2,(H,20,21). The van der Waals surface area contributed by atoms with Gasteiger partial charge in [0, 0.05) is 11.1 Å². The first-order valence-electron chi connectivity index (χ1n) is 7.27. The number of carbonyl (C=O) groups is 1. The number of aliphatic carboxylic acids is 1. The number of hydrogen-bond donors (Lipinski definition) is 2. The summed E-state index contributed by atoms with van der Waals surface area (Å²) in [5.41, 5.74) is 0.863. The molecule has 0 spiro atoms. The highest BCUT2D eigenvalue weighted by molar-refractivity contribution is 7.93. The highest BCUT2D eigenvalue weighted by atomic mass is 32.2. The second-order valence-corrected chi connectivity index (χ2v) is 7.00. The monoisotopic (exact) mass is 341 g/mol. The van der Waals surface area contributed by atoms with Crippen LogP contribution in [0.2, 0.25) is 0 Å². The third-order valence-corrected chi connectivity index (χ3v) is 5.01. The number of carboxylic acids is 1. The van der Waals surface area contributed by atoms with Gasteiger partial charge in [-0.25, -0.2) is 8.42 Å². The van der Waals surface area contributed by atoms with Gasteiger partial charge in [-0.15, -0.1) is 0 Å². The third kappa shape index (κ3) is 3.38. The van der Waals surface area contributed by atoms with Crippen molar-refractivity contribution in [3.05, 3.63) is 72.3 Å². The topological polar surface area (TPSA) is 83.5 Å². The molecule has 0 aromatic heterocycles. The van der Waals surface area contributed by atoms with Gasteiger partial charge in [-0.1, -0.05) is 48.5 Å². The van der Waals surface area contributed by atoms with Crippen molar-refractivity contribution < 1.29 is 18.3 Å². The van der Waals surface area contributed by atoms with Crippen molar-refractivity contribution in [2.45, 2.75) is 11.3 Å². The van der Waals surface area contributed by atoms with E-state index in [1.165, 1.54) is 6.07 Å². The molecule has 0 amide bonds. The van der Waals surface area contributed by atoms with Crippen LogP contribution in [-0.2, 0) is 21.2 Å².